The number of halogens is 2. The quantitative estimate of drug-likeness (QED) is 0.726. The highest BCUT2D eigenvalue weighted by atomic mass is 35.5. The first kappa shape index (κ1) is 16.6. The molecule has 1 N–H and O–H groups in total. The molecule has 3 aromatic rings. The number of aliphatic carboxylic acids is 1. The molecule has 0 fully saturated rings. The van der Waals surface area contributed by atoms with Crippen molar-refractivity contribution in [2.75, 3.05) is 0 Å². The molecule has 3 rings (SSSR count). The van der Waals surface area contributed by atoms with Gasteiger partial charge in [-0.3, -0.25) is 4.79 Å². The Balaban J connectivity index is 2.09. The van der Waals surface area contributed by atoms with E-state index in [2.05, 4.69) is 4.98 Å². The number of nitrogens with zero attached hydrogens (tertiary/aromatic N) is 2. The van der Waals surface area contributed by atoms with Crippen LogP contribution in [0.5, 0.6) is 0 Å². The molecule has 0 radical (unpaired) electrons. The van der Waals surface area contributed by atoms with Gasteiger partial charge in [0.2, 0.25) is 0 Å². The average Bonchev–Trinajstić information content (AvgIpc) is 2.86. The number of carboxylic acids is 1. The van der Waals surface area contributed by atoms with Gasteiger partial charge < -0.3 is 9.67 Å². The summed E-state index contributed by atoms with van der Waals surface area (Å²) in [7, 11) is 0. The molecule has 0 aliphatic heterocycles. The highest BCUT2D eigenvalue weighted by Gasteiger charge is 2.19. The number of aromatic nitrogens is 2. The molecule has 0 spiro atoms. The van der Waals surface area contributed by atoms with Crippen molar-refractivity contribution in [1.82, 2.24) is 9.55 Å². The second-order valence-corrected chi connectivity index (χ2v) is 6.12. The fraction of sp³-hybridized carbons (Fsp3) is 0.111. The maximum Gasteiger partial charge on any atom is 0.309 e. The fourth-order valence-electron chi connectivity index (χ4n) is 2.52. The van der Waals surface area contributed by atoms with Crippen LogP contribution in [0.1, 0.15) is 11.3 Å². The third-order valence-corrected chi connectivity index (χ3v) is 4.18. The monoisotopic (exact) mass is 360 g/mol. The van der Waals surface area contributed by atoms with Gasteiger partial charge in [0.05, 0.1) is 12.1 Å². The molecule has 122 valence electrons. The zero-order valence-electron chi connectivity index (χ0n) is 12.6. The smallest absolute Gasteiger partial charge is 0.309 e. The summed E-state index contributed by atoms with van der Waals surface area (Å²) < 4.78 is 1.84. The molecule has 0 aliphatic carbocycles. The lowest BCUT2D eigenvalue weighted by Gasteiger charge is -2.12. The lowest BCUT2D eigenvalue weighted by atomic mass is 10.2. The van der Waals surface area contributed by atoms with Crippen LogP contribution in [0.4, 0.5) is 0 Å². The van der Waals surface area contributed by atoms with E-state index in [4.69, 9.17) is 23.2 Å². The summed E-state index contributed by atoms with van der Waals surface area (Å²) in [5, 5.41) is 10.0. The Kier molecular flexibility index (Phi) is 4.88. The van der Waals surface area contributed by atoms with Gasteiger partial charge in [-0.2, -0.15) is 0 Å². The van der Waals surface area contributed by atoms with E-state index in [9.17, 15) is 9.90 Å². The summed E-state index contributed by atoms with van der Waals surface area (Å²) in [6, 6.07) is 17.0. The largest absolute Gasteiger partial charge is 0.481 e. The predicted molar refractivity (Wildman–Crippen MR) is 94.6 cm³/mol. The molecular weight excluding hydrogens is 347 g/mol. The van der Waals surface area contributed by atoms with Crippen molar-refractivity contribution in [3.8, 4) is 11.4 Å². The number of carboxylic acid groups (broad SMARTS) is 1. The number of carbonyl (C=O) groups is 1. The summed E-state index contributed by atoms with van der Waals surface area (Å²) in [6.07, 6.45) is -0.188. The fourth-order valence-corrected chi connectivity index (χ4v) is 2.89. The zero-order valence-corrected chi connectivity index (χ0v) is 14.1. The minimum absolute atomic E-state index is 0.188. The van der Waals surface area contributed by atoms with E-state index < -0.39 is 5.97 Å². The van der Waals surface area contributed by atoms with Crippen LogP contribution in [0.3, 0.4) is 0 Å². The van der Waals surface area contributed by atoms with Crippen LogP contribution in [0.15, 0.2) is 54.6 Å². The van der Waals surface area contributed by atoms with Crippen molar-refractivity contribution in [1.29, 1.82) is 0 Å². The first-order valence-electron chi connectivity index (χ1n) is 7.31. The van der Waals surface area contributed by atoms with Crippen LogP contribution in [-0.2, 0) is 17.8 Å². The molecule has 0 saturated carbocycles. The Morgan fingerprint density at radius 2 is 1.71 bits per heavy atom. The van der Waals surface area contributed by atoms with E-state index in [0.29, 0.717) is 23.1 Å². The first-order chi connectivity index (χ1) is 11.5. The van der Waals surface area contributed by atoms with Gasteiger partial charge in [0.25, 0.3) is 0 Å². The molecule has 0 saturated heterocycles. The molecule has 2 aromatic carbocycles. The third-order valence-electron chi connectivity index (χ3n) is 3.63. The lowest BCUT2D eigenvalue weighted by Crippen LogP contribution is -2.11. The van der Waals surface area contributed by atoms with Gasteiger partial charge in [0.15, 0.2) is 5.15 Å². The molecule has 0 unspecified atom stereocenters. The zero-order chi connectivity index (χ0) is 17.1. The molecule has 1 aromatic heterocycles. The predicted octanol–water partition coefficient (Wildman–Crippen LogP) is 4.53. The summed E-state index contributed by atoms with van der Waals surface area (Å²) in [4.78, 5) is 15.6. The number of hydrogen-bond acceptors (Lipinski definition) is 2. The van der Waals surface area contributed by atoms with Crippen molar-refractivity contribution in [2.45, 2.75) is 13.0 Å². The van der Waals surface area contributed by atoms with Crippen molar-refractivity contribution < 1.29 is 9.90 Å². The van der Waals surface area contributed by atoms with Crippen LogP contribution in [-0.4, -0.2) is 20.6 Å². The van der Waals surface area contributed by atoms with Crippen LogP contribution in [0, 0.1) is 0 Å². The van der Waals surface area contributed by atoms with Crippen LogP contribution in [0.25, 0.3) is 11.4 Å². The Morgan fingerprint density at radius 1 is 1.04 bits per heavy atom. The standard InChI is InChI=1S/C18H14Cl2N2O2/c19-14-8-6-12(7-9-14)11-22-15(10-16(23)24)17(20)21-18(22)13-4-2-1-3-5-13/h1-9H,10-11H2,(H,23,24). The Hall–Kier alpha value is -2.30. The van der Waals surface area contributed by atoms with Crippen LogP contribution < -0.4 is 0 Å². The number of rotatable bonds is 5. The van der Waals surface area contributed by atoms with Gasteiger partial charge in [0.1, 0.15) is 5.82 Å². The van der Waals surface area contributed by atoms with Crippen molar-refractivity contribution >= 4 is 29.2 Å². The summed E-state index contributed by atoms with van der Waals surface area (Å²) in [5.41, 5.74) is 2.35. The molecule has 0 atom stereocenters. The van der Waals surface area contributed by atoms with E-state index >= 15 is 0 Å². The molecule has 0 aliphatic rings. The van der Waals surface area contributed by atoms with Crippen molar-refractivity contribution in [3.63, 3.8) is 0 Å². The second kappa shape index (κ2) is 7.07. The van der Waals surface area contributed by atoms with E-state index in [0.717, 1.165) is 11.1 Å². The van der Waals surface area contributed by atoms with Crippen LogP contribution in [0.2, 0.25) is 10.2 Å². The highest BCUT2D eigenvalue weighted by molar-refractivity contribution is 6.30. The average molecular weight is 361 g/mol. The minimum atomic E-state index is -0.950. The van der Waals surface area contributed by atoms with Gasteiger partial charge in [-0.25, -0.2) is 4.98 Å². The van der Waals surface area contributed by atoms with E-state index in [1.54, 1.807) is 12.1 Å². The Morgan fingerprint density at radius 3 is 2.33 bits per heavy atom. The van der Waals surface area contributed by atoms with E-state index in [1.807, 2.05) is 47.0 Å². The highest BCUT2D eigenvalue weighted by Crippen LogP contribution is 2.27. The topological polar surface area (TPSA) is 55.1 Å². The SMILES string of the molecule is O=C(O)Cc1c(Cl)nc(-c2ccccc2)n1Cc1ccc(Cl)cc1. The molecule has 0 amide bonds. The van der Waals surface area contributed by atoms with Gasteiger partial charge >= 0.3 is 5.97 Å². The second-order valence-electron chi connectivity index (χ2n) is 5.32. The molecule has 24 heavy (non-hydrogen) atoms. The maximum absolute atomic E-state index is 11.2. The minimum Gasteiger partial charge on any atom is -0.481 e. The lowest BCUT2D eigenvalue weighted by molar-refractivity contribution is -0.136. The Labute approximate surface area is 149 Å². The molecular formula is C18H14Cl2N2O2. The maximum atomic E-state index is 11.2. The molecule has 6 heteroatoms. The summed E-state index contributed by atoms with van der Waals surface area (Å²) in [5.74, 6) is -0.305. The normalized spacial score (nSPS) is 10.8. The van der Waals surface area contributed by atoms with Crippen molar-refractivity contribution in [3.05, 3.63) is 76.0 Å². The molecule has 1 heterocycles. The van der Waals surface area contributed by atoms with Crippen molar-refractivity contribution in [2.24, 2.45) is 0 Å². The summed E-state index contributed by atoms with van der Waals surface area (Å²) >= 11 is 12.1. The first-order valence-corrected chi connectivity index (χ1v) is 8.06. The summed E-state index contributed by atoms with van der Waals surface area (Å²) in [6.45, 7) is 0.462. The number of hydrogen-bond donors (Lipinski definition) is 1. The van der Waals surface area contributed by atoms with Gasteiger partial charge in [-0.15, -0.1) is 0 Å². The van der Waals surface area contributed by atoms with Gasteiger partial charge in [-0.1, -0.05) is 65.7 Å². The molecule has 0 bridgehead atoms. The Bertz CT molecular complexity index is 859. The molecule has 4 nitrogen and oxygen atoms in total. The number of imidazole rings is 1. The van der Waals surface area contributed by atoms with E-state index in [1.165, 1.54) is 0 Å². The van der Waals surface area contributed by atoms with Gasteiger partial charge in [0, 0.05) is 17.1 Å². The van der Waals surface area contributed by atoms with Crippen LogP contribution >= 0.6 is 23.2 Å². The third kappa shape index (κ3) is 3.61. The van der Waals surface area contributed by atoms with E-state index in [-0.39, 0.29) is 11.6 Å². The van der Waals surface area contributed by atoms with Gasteiger partial charge in [-0.05, 0) is 17.7 Å². The number of benzene rings is 2.